The smallest absolute Gasteiger partial charge is 0.310 e. The number of rotatable bonds is 5. The molecule has 0 spiro atoms. The first kappa shape index (κ1) is 16.5. The van der Waals surface area contributed by atoms with E-state index in [9.17, 15) is 14.7 Å². The second kappa shape index (κ2) is 5.75. The maximum Gasteiger partial charge on any atom is 0.310 e. The molecule has 4 nitrogen and oxygen atoms in total. The van der Waals surface area contributed by atoms with E-state index >= 15 is 0 Å². The molecule has 1 N–H and O–H groups in total. The summed E-state index contributed by atoms with van der Waals surface area (Å²) in [6.45, 7) is 8.65. The first-order valence-electron chi connectivity index (χ1n) is 7.84. The Labute approximate surface area is 132 Å². The summed E-state index contributed by atoms with van der Waals surface area (Å²) in [5, 5.41) is 9.84. The summed E-state index contributed by atoms with van der Waals surface area (Å²) in [4.78, 5) is 27.1. The highest BCUT2D eigenvalue weighted by molar-refractivity contribution is 5.96. The fraction of sp³-hybridized carbons (Fsp3) is 0.556. The van der Waals surface area contributed by atoms with Crippen LogP contribution >= 0.6 is 0 Å². The Kier molecular flexibility index (Phi) is 4.32. The van der Waals surface area contributed by atoms with Crippen LogP contribution in [0.1, 0.15) is 39.7 Å². The van der Waals surface area contributed by atoms with Crippen molar-refractivity contribution in [2.45, 2.75) is 39.5 Å². The maximum absolute atomic E-state index is 13.3. The highest BCUT2D eigenvalue weighted by atomic mass is 16.4. The van der Waals surface area contributed by atoms with Crippen molar-refractivity contribution in [3.05, 3.63) is 35.9 Å². The Balaban J connectivity index is 2.70. The van der Waals surface area contributed by atoms with E-state index in [1.54, 1.807) is 18.7 Å². The molecular weight excluding hydrogens is 278 g/mol. The average molecular weight is 303 g/mol. The Morgan fingerprint density at radius 1 is 1.14 bits per heavy atom. The Morgan fingerprint density at radius 3 is 2.05 bits per heavy atom. The number of carboxylic acids is 1. The zero-order valence-electron chi connectivity index (χ0n) is 13.8. The Morgan fingerprint density at radius 2 is 1.68 bits per heavy atom. The summed E-state index contributed by atoms with van der Waals surface area (Å²) < 4.78 is 0. The minimum Gasteiger partial charge on any atom is -0.481 e. The van der Waals surface area contributed by atoms with Gasteiger partial charge in [-0.25, -0.2) is 0 Å². The van der Waals surface area contributed by atoms with Crippen molar-refractivity contribution in [1.82, 2.24) is 4.90 Å². The van der Waals surface area contributed by atoms with Gasteiger partial charge in [0, 0.05) is 13.1 Å². The van der Waals surface area contributed by atoms with Crippen molar-refractivity contribution in [3.8, 4) is 0 Å². The second-order valence-electron chi connectivity index (χ2n) is 6.90. The van der Waals surface area contributed by atoms with Gasteiger partial charge in [-0.05, 0) is 31.7 Å². The van der Waals surface area contributed by atoms with E-state index in [1.807, 2.05) is 44.2 Å². The van der Waals surface area contributed by atoms with E-state index < -0.39 is 16.8 Å². The number of carbonyl (C=O) groups excluding carboxylic acids is 1. The first-order chi connectivity index (χ1) is 10.3. The van der Waals surface area contributed by atoms with Gasteiger partial charge >= 0.3 is 5.97 Å². The molecule has 4 heteroatoms. The predicted molar refractivity (Wildman–Crippen MR) is 85.6 cm³/mol. The maximum atomic E-state index is 13.3. The van der Waals surface area contributed by atoms with Crippen LogP contribution in [0.3, 0.4) is 0 Å². The number of benzene rings is 1. The third-order valence-corrected chi connectivity index (χ3v) is 5.10. The van der Waals surface area contributed by atoms with Gasteiger partial charge < -0.3 is 10.0 Å². The Hall–Kier alpha value is -1.84. The van der Waals surface area contributed by atoms with E-state index in [4.69, 9.17) is 0 Å². The molecule has 1 aliphatic heterocycles. The lowest BCUT2D eigenvalue weighted by molar-refractivity contribution is -0.164. The van der Waals surface area contributed by atoms with Crippen LogP contribution in [0.5, 0.6) is 0 Å². The van der Waals surface area contributed by atoms with Crippen LogP contribution in [0.4, 0.5) is 0 Å². The van der Waals surface area contributed by atoms with Gasteiger partial charge in [-0.1, -0.05) is 44.2 Å². The Bertz CT molecular complexity index is 561. The van der Waals surface area contributed by atoms with Crippen LogP contribution in [0.25, 0.3) is 0 Å². The average Bonchev–Trinajstić information content (AvgIpc) is 2.37. The molecule has 1 fully saturated rings. The number of nitrogens with zero attached hydrogens (tertiary/aromatic N) is 1. The van der Waals surface area contributed by atoms with Crippen LogP contribution in [0.15, 0.2) is 30.3 Å². The number of amides is 1. The first-order valence-corrected chi connectivity index (χ1v) is 7.84. The van der Waals surface area contributed by atoms with Gasteiger partial charge in [0.25, 0.3) is 0 Å². The van der Waals surface area contributed by atoms with Crippen molar-refractivity contribution in [1.29, 1.82) is 0 Å². The molecule has 1 saturated heterocycles. The van der Waals surface area contributed by atoms with Gasteiger partial charge in [0.05, 0.1) is 10.8 Å². The summed E-state index contributed by atoms with van der Waals surface area (Å²) in [6, 6.07) is 9.38. The lowest BCUT2D eigenvalue weighted by Gasteiger charge is -2.50. The molecule has 0 bridgehead atoms. The molecule has 1 aromatic rings. The lowest BCUT2D eigenvalue weighted by Crippen LogP contribution is -2.62. The zero-order valence-corrected chi connectivity index (χ0v) is 13.8. The van der Waals surface area contributed by atoms with Gasteiger partial charge in [0.15, 0.2) is 0 Å². The summed E-state index contributed by atoms with van der Waals surface area (Å²) in [6.07, 6.45) is 0.988. The SMILES string of the molecule is CC(C)C(C(=O)N1CCC1)(c1ccccc1)C(C)(C)C(=O)O. The van der Waals surface area contributed by atoms with Crippen molar-refractivity contribution >= 4 is 11.9 Å². The monoisotopic (exact) mass is 303 g/mol. The van der Waals surface area contributed by atoms with Crippen LogP contribution in [0.2, 0.25) is 0 Å². The number of likely N-dealkylation sites (tertiary alicyclic amines) is 1. The molecule has 1 amide bonds. The second-order valence-corrected chi connectivity index (χ2v) is 6.90. The lowest BCUT2D eigenvalue weighted by atomic mass is 9.55. The summed E-state index contributed by atoms with van der Waals surface area (Å²) >= 11 is 0. The van der Waals surface area contributed by atoms with Crippen LogP contribution in [0, 0.1) is 11.3 Å². The molecule has 0 aliphatic carbocycles. The van der Waals surface area contributed by atoms with E-state index in [-0.39, 0.29) is 11.8 Å². The van der Waals surface area contributed by atoms with E-state index in [0.717, 1.165) is 25.1 Å². The number of carboxylic acid groups (broad SMARTS) is 1. The zero-order chi connectivity index (χ0) is 16.5. The molecule has 22 heavy (non-hydrogen) atoms. The van der Waals surface area contributed by atoms with Gasteiger partial charge in [0.2, 0.25) is 5.91 Å². The molecule has 1 atom stereocenters. The summed E-state index contributed by atoms with van der Waals surface area (Å²) in [5.74, 6) is -1.14. The molecular formula is C18H25NO3. The molecule has 1 unspecified atom stereocenters. The molecule has 0 aromatic heterocycles. The minimum atomic E-state index is -1.20. The molecule has 0 radical (unpaired) electrons. The number of hydrogen-bond donors (Lipinski definition) is 1. The largest absolute Gasteiger partial charge is 0.481 e. The van der Waals surface area contributed by atoms with Gasteiger partial charge in [-0.2, -0.15) is 0 Å². The standard InChI is InChI=1S/C18H25NO3/c1-13(2)18(17(3,4)16(21)22,14-9-6-5-7-10-14)15(20)19-11-8-12-19/h5-7,9-10,13H,8,11-12H2,1-4H3,(H,21,22). The third kappa shape index (κ3) is 2.21. The number of hydrogen-bond acceptors (Lipinski definition) is 2. The third-order valence-electron chi connectivity index (χ3n) is 5.10. The van der Waals surface area contributed by atoms with E-state index in [2.05, 4.69) is 0 Å². The number of aliphatic carboxylic acids is 1. The summed E-state index contributed by atoms with van der Waals surface area (Å²) in [7, 11) is 0. The van der Waals surface area contributed by atoms with Gasteiger partial charge in [0.1, 0.15) is 0 Å². The fourth-order valence-electron chi connectivity index (χ4n) is 3.69. The molecule has 1 heterocycles. The highest BCUT2D eigenvalue weighted by Crippen LogP contribution is 2.49. The topological polar surface area (TPSA) is 57.6 Å². The van der Waals surface area contributed by atoms with E-state index in [0.29, 0.717) is 0 Å². The van der Waals surface area contributed by atoms with Crippen molar-refractivity contribution in [2.24, 2.45) is 11.3 Å². The molecule has 1 aromatic carbocycles. The quantitative estimate of drug-likeness (QED) is 0.910. The highest BCUT2D eigenvalue weighted by Gasteiger charge is 2.59. The van der Waals surface area contributed by atoms with Crippen molar-refractivity contribution in [3.63, 3.8) is 0 Å². The fourth-order valence-corrected chi connectivity index (χ4v) is 3.69. The van der Waals surface area contributed by atoms with Gasteiger partial charge in [-0.15, -0.1) is 0 Å². The summed E-state index contributed by atoms with van der Waals surface area (Å²) in [5.41, 5.74) is -1.48. The van der Waals surface area contributed by atoms with E-state index in [1.165, 1.54) is 0 Å². The molecule has 1 aliphatic rings. The molecule has 0 saturated carbocycles. The van der Waals surface area contributed by atoms with Crippen molar-refractivity contribution in [2.75, 3.05) is 13.1 Å². The molecule has 2 rings (SSSR count). The van der Waals surface area contributed by atoms with Crippen LogP contribution in [-0.2, 0) is 15.0 Å². The predicted octanol–water partition coefficient (Wildman–Crippen LogP) is 2.92. The van der Waals surface area contributed by atoms with Crippen molar-refractivity contribution < 1.29 is 14.7 Å². The number of carbonyl (C=O) groups is 2. The van der Waals surface area contributed by atoms with Gasteiger partial charge in [-0.3, -0.25) is 9.59 Å². The minimum absolute atomic E-state index is 0.0626. The normalized spacial score (nSPS) is 17.8. The van der Waals surface area contributed by atoms with Crippen LogP contribution < -0.4 is 0 Å². The molecule has 120 valence electrons. The van der Waals surface area contributed by atoms with Crippen LogP contribution in [-0.4, -0.2) is 35.0 Å².